The molecular weight excluding hydrogens is 544 g/mol. The highest BCUT2D eigenvalue weighted by atomic mass is 16.6. The number of allylic oxidation sites excluding steroid dienone is 5. The molecule has 43 heavy (non-hydrogen) atoms. The first-order chi connectivity index (χ1) is 20.8. The molecule has 250 valence electrons. The fraction of sp³-hybridized carbons (Fsp3) is 0.778. The van der Waals surface area contributed by atoms with Crippen LogP contribution in [-0.4, -0.2) is 58.8 Å². The van der Waals surface area contributed by atoms with Crippen molar-refractivity contribution in [2.75, 3.05) is 13.2 Å². The minimum absolute atomic E-state index is 0.0710. The summed E-state index contributed by atoms with van der Waals surface area (Å²) in [5.74, 6) is -0.0397. The molecule has 3 unspecified atom stereocenters. The number of aliphatic hydroxyl groups excluding tert-OH is 3. The predicted octanol–water partition coefficient (Wildman–Crippen LogP) is 7.91. The van der Waals surface area contributed by atoms with E-state index in [-0.39, 0.29) is 32.0 Å². The molecule has 0 saturated carbocycles. The zero-order valence-corrected chi connectivity index (χ0v) is 27.6. The molecule has 0 aromatic rings. The molecule has 0 heterocycles. The van der Waals surface area contributed by atoms with Crippen LogP contribution in [0, 0.1) is 5.92 Å². The number of aliphatic hydroxyl groups is 3. The van der Waals surface area contributed by atoms with Gasteiger partial charge in [-0.3, -0.25) is 9.59 Å². The second-order valence-corrected chi connectivity index (χ2v) is 11.8. The maximum Gasteiger partial charge on any atom is 0.305 e. The summed E-state index contributed by atoms with van der Waals surface area (Å²) < 4.78 is 10.1. The average Bonchev–Trinajstić information content (AvgIpc) is 3.00. The lowest BCUT2D eigenvalue weighted by Crippen LogP contribution is -2.26. The molecule has 0 aromatic heterocycles. The van der Waals surface area contributed by atoms with Crippen LogP contribution in [-0.2, 0) is 19.1 Å². The van der Waals surface area contributed by atoms with Crippen molar-refractivity contribution in [3.05, 3.63) is 36.5 Å². The zero-order chi connectivity index (χ0) is 32.0. The van der Waals surface area contributed by atoms with Crippen LogP contribution < -0.4 is 0 Å². The molecule has 0 fully saturated rings. The third-order valence-electron chi connectivity index (χ3n) is 7.62. The predicted molar refractivity (Wildman–Crippen MR) is 176 cm³/mol. The molecule has 3 N–H and O–H groups in total. The van der Waals surface area contributed by atoms with Gasteiger partial charge in [0.25, 0.3) is 0 Å². The summed E-state index contributed by atoms with van der Waals surface area (Å²) >= 11 is 0. The number of hydrogen-bond donors (Lipinski definition) is 3. The van der Waals surface area contributed by atoms with Gasteiger partial charge in [0.1, 0.15) is 19.3 Å². The fourth-order valence-electron chi connectivity index (χ4n) is 4.46. The van der Waals surface area contributed by atoms with Gasteiger partial charge in [-0.05, 0) is 57.3 Å². The van der Waals surface area contributed by atoms with Crippen molar-refractivity contribution in [1.29, 1.82) is 0 Å². The molecule has 0 saturated heterocycles. The molecule has 0 radical (unpaired) electrons. The Kier molecular flexibility index (Phi) is 28.7. The van der Waals surface area contributed by atoms with Gasteiger partial charge >= 0.3 is 11.9 Å². The highest BCUT2D eigenvalue weighted by Crippen LogP contribution is 2.15. The number of esters is 2. The Balaban J connectivity index is 3.77. The Morgan fingerprint density at radius 1 is 0.628 bits per heavy atom. The Hall–Kier alpha value is -1.96. The first-order valence-corrected chi connectivity index (χ1v) is 17.1. The van der Waals surface area contributed by atoms with Crippen LogP contribution in [0.5, 0.6) is 0 Å². The van der Waals surface area contributed by atoms with Crippen molar-refractivity contribution in [2.24, 2.45) is 5.92 Å². The van der Waals surface area contributed by atoms with Crippen LogP contribution in [0.15, 0.2) is 36.5 Å². The van der Waals surface area contributed by atoms with Gasteiger partial charge in [-0.1, -0.05) is 115 Å². The largest absolute Gasteiger partial charge is 0.463 e. The zero-order valence-electron chi connectivity index (χ0n) is 27.6. The number of ether oxygens (including phenoxy) is 2. The Morgan fingerprint density at radius 3 is 1.81 bits per heavy atom. The van der Waals surface area contributed by atoms with Gasteiger partial charge in [-0.25, -0.2) is 0 Å². The first kappa shape index (κ1) is 41.0. The van der Waals surface area contributed by atoms with Crippen LogP contribution >= 0.6 is 0 Å². The van der Waals surface area contributed by atoms with E-state index in [9.17, 15) is 24.9 Å². The summed E-state index contributed by atoms with van der Waals surface area (Å²) in [5, 5.41) is 30.2. The maximum atomic E-state index is 11.9. The lowest BCUT2D eigenvalue weighted by atomic mass is 10.00. The standard InChI is InChI=1S/C36H64O7/c1-4-6-7-8-9-10-11-12-13-14-18-21-25-33(38)34(39)26-23-28-36(41)43-30-32(37)29-42-35(40)27-22-19-16-15-17-20-24-31(3)5-2/h9-10,12-13,18,21,31-34,37-39H,4-8,11,14-17,19-20,22-30H2,1-3H3/b10-9-,13-12-,21-18-/t31?,32-,33?,34?/m0/s1. The molecule has 0 amide bonds. The molecule has 0 aliphatic carbocycles. The summed E-state index contributed by atoms with van der Waals surface area (Å²) in [6.07, 6.45) is 26.7. The molecule has 0 spiro atoms. The smallest absolute Gasteiger partial charge is 0.305 e. The topological polar surface area (TPSA) is 113 Å². The number of unbranched alkanes of at least 4 members (excludes halogenated alkanes) is 8. The van der Waals surface area contributed by atoms with Crippen molar-refractivity contribution >= 4 is 11.9 Å². The lowest BCUT2D eigenvalue weighted by molar-refractivity contribution is -0.152. The molecule has 4 atom stereocenters. The molecule has 7 nitrogen and oxygen atoms in total. The highest BCUT2D eigenvalue weighted by molar-refractivity contribution is 5.69. The molecule has 0 aliphatic heterocycles. The molecule has 0 aliphatic rings. The highest BCUT2D eigenvalue weighted by Gasteiger charge is 2.16. The first-order valence-electron chi connectivity index (χ1n) is 17.1. The van der Waals surface area contributed by atoms with E-state index in [1.54, 1.807) is 0 Å². The summed E-state index contributed by atoms with van der Waals surface area (Å²) in [6.45, 7) is 6.28. The third kappa shape index (κ3) is 28.6. The number of rotatable bonds is 29. The van der Waals surface area contributed by atoms with Gasteiger partial charge in [-0.15, -0.1) is 0 Å². The van der Waals surface area contributed by atoms with E-state index in [2.05, 4.69) is 45.1 Å². The molecule has 7 heteroatoms. The van der Waals surface area contributed by atoms with Gasteiger partial charge in [-0.2, -0.15) is 0 Å². The van der Waals surface area contributed by atoms with E-state index >= 15 is 0 Å². The van der Waals surface area contributed by atoms with Gasteiger partial charge in [0, 0.05) is 12.8 Å². The van der Waals surface area contributed by atoms with Gasteiger partial charge < -0.3 is 24.8 Å². The van der Waals surface area contributed by atoms with E-state index in [0.717, 1.165) is 44.4 Å². The Labute approximate surface area is 262 Å². The number of carbonyl (C=O) groups excluding carboxylic acids is 2. The van der Waals surface area contributed by atoms with Crippen molar-refractivity contribution in [3.63, 3.8) is 0 Å². The van der Waals surface area contributed by atoms with Gasteiger partial charge in [0.05, 0.1) is 12.2 Å². The second kappa shape index (κ2) is 30.1. The van der Waals surface area contributed by atoms with E-state index in [1.165, 1.54) is 51.4 Å². The summed E-state index contributed by atoms with van der Waals surface area (Å²) in [4.78, 5) is 23.8. The number of hydrogen-bond acceptors (Lipinski definition) is 7. The van der Waals surface area contributed by atoms with Gasteiger partial charge in [0.15, 0.2) is 0 Å². The quantitative estimate of drug-likeness (QED) is 0.0449. The molecule has 0 bridgehead atoms. The fourth-order valence-corrected chi connectivity index (χ4v) is 4.46. The van der Waals surface area contributed by atoms with Crippen LogP contribution in [0.25, 0.3) is 0 Å². The Morgan fingerprint density at radius 2 is 1.19 bits per heavy atom. The SMILES string of the molecule is CCCCC/C=C\C/C=C\C/C=C\CC(O)C(O)CCCC(=O)OC[C@@H](O)COC(=O)CCCCCCCCC(C)CC. The third-order valence-corrected chi connectivity index (χ3v) is 7.62. The van der Waals surface area contributed by atoms with Crippen molar-refractivity contribution in [3.8, 4) is 0 Å². The van der Waals surface area contributed by atoms with Crippen molar-refractivity contribution in [1.82, 2.24) is 0 Å². The monoisotopic (exact) mass is 608 g/mol. The van der Waals surface area contributed by atoms with Crippen molar-refractivity contribution < 1.29 is 34.4 Å². The average molecular weight is 609 g/mol. The van der Waals surface area contributed by atoms with Gasteiger partial charge in [0.2, 0.25) is 0 Å². The van der Waals surface area contributed by atoms with E-state index in [0.29, 0.717) is 19.3 Å². The maximum absolute atomic E-state index is 11.9. The van der Waals surface area contributed by atoms with Crippen LogP contribution in [0.4, 0.5) is 0 Å². The molecule has 0 rings (SSSR count). The van der Waals surface area contributed by atoms with E-state index in [1.807, 2.05) is 12.2 Å². The normalized spacial score (nSPS) is 14.8. The second-order valence-electron chi connectivity index (χ2n) is 11.8. The number of carbonyl (C=O) groups is 2. The minimum atomic E-state index is -1.07. The lowest BCUT2D eigenvalue weighted by Gasteiger charge is -2.16. The summed E-state index contributed by atoms with van der Waals surface area (Å²) in [5.41, 5.74) is 0. The van der Waals surface area contributed by atoms with E-state index in [4.69, 9.17) is 9.47 Å². The van der Waals surface area contributed by atoms with Crippen LogP contribution in [0.3, 0.4) is 0 Å². The Bertz CT molecular complexity index is 746. The summed E-state index contributed by atoms with van der Waals surface area (Å²) in [7, 11) is 0. The van der Waals surface area contributed by atoms with Crippen LogP contribution in [0.1, 0.15) is 143 Å². The molecule has 0 aromatic carbocycles. The van der Waals surface area contributed by atoms with Crippen molar-refractivity contribution in [2.45, 2.75) is 161 Å². The van der Waals surface area contributed by atoms with Crippen LogP contribution in [0.2, 0.25) is 0 Å². The minimum Gasteiger partial charge on any atom is -0.463 e. The molecular formula is C36H64O7. The summed E-state index contributed by atoms with van der Waals surface area (Å²) in [6, 6.07) is 0. The van der Waals surface area contributed by atoms with E-state index < -0.39 is 24.3 Å².